The van der Waals surface area contributed by atoms with Crippen molar-refractivity contribution in [1.29, 1.82) is 0 Å². The quantitative estimate of drug-likeness (QED) is 0.680. The number of alkyl halides is 2. The maximum atomic E-state index is 13.1. The van der Waals surface area contributed by atoms with Crippen molar-refractivity contribution in [2.45, 2.75) is 25.2 Å². The summed E-state index contributed by atoms with van der Waals surface area (Å²) in [6, 6.07) is 0. The van der Waals surface area contributed by atoms with E-state index in [0.717, 1.165) is 0 Å². The van der Waals surface area contributed by atoms with Crippen molar-refractivity contribution in [3.8, 4) is 0 Å². The molecule has 2 aliphatic rings. The van der Waals surface area contributed by atoms with Gasteiger partial charge in [0.05, 0.1) is 11.2 Å². The third-order valence-electron chi connectivity index (χ3n) is 3.23. The Morgan fingerprint density at radius 3 is 2.46 bits per heavy atom. The third-order valence-corrected chi connectivity index (χ3v) is 4.42. The van der Waals surface area contributed by atoms with Gasteiger partial charge in [-0.2, -0.15) is 0 Å². The van der Waals surface area contributed by atoms with E-state index in [1.807, 2.05) is 0 Å². The Hall–Kier alpha value is 0.1000. The van der Waals surface area contributed by atoms with Gasteiger partial charge in [-0.3, -0.25) is 0 Å². The molecule has 6 heteroatoms. The van der Waals surface area contributed by atoms with Gasteiger partial charge in [0.15, 0.2) is 0 Å². The Labute approximate surface area is 79.7 Å². The lowest BCUT2D eigenvalue weighted by Crippen LogP contribution is -2.19. The van der Waals surface area contributed by atoms with Crippen molar-refractivity contribution < 1.29 is 17.2 Å². The lowest BCUT2D eigenvalue weighted by Gasteiger charge is -2.10. The van der Waals surface area contributed by atoms with Crippen molar-refractivity contribution in [3.05, 3.63) is 0 Å². The van der Waals surface area contributed by atoms with Crippen LogP contribution in [-0.4, -0.2) is 20.1 Å². The van der Waals surface area contributed by atoms with Crippen LogP contribution in [0, 0.1) is 11.3 Å². The lowest BCUT2D eigenvalue weighted by atomic mass is 10.1. The lowest BCUT2D eigenvalue weighted by molar-refractivity contribution is 0.0507. The molecule has 0 heterocycles. The van der Waals surface area contributed by atoms with Gasteiger partial charge < -0.3 is 0 Å². The van der Waals surface area contributed by atoms with Gasteiger partial charge >= 0.3 is 0 Å². The second kappa shape index (κ2) is 2.37. The second-order valence-corrected chi connectivity index (χ2v) is 6.68. The molecule has 2 unspecified atom stereocenters. The molecule has 0 aliphatic heterocycles. The molecular formula is C7H9ClF2O2S. The topological polar surface area (TPSA) is 34.1 Å². The average Bonchev–Trinajstić information content (AvgIpc) is 2.31. The number of hydrogen-bond donors (Lipinski definition) is 0. The van der Waals surface area contributed by atoms with Crippen LogP contribution in [0.2, 0.25) is 0 Å². The van der Waals surface area contributed by atoms with Gasteiger partial charge in [0, 0.05) is 16.6 Å². The molecule has 76 valence electrons. The van der Waals surface area contributed by atoms with Crippen molar-refractivity contribution >= 4 is 19.7 Å². The molecule has 13 heavy (non-hydrogen) atoms. The van der Waals surface area contributed by atoms with Gasteiger partial charge in [0.1, 0.15) is 0 Å². The SMILES string of the molecule is O=S(=O)(Cl)CC12CCCC1C2(F)F. The molecule has 2 atom stereocenters. The van der Waals surface area contributed by atoms with E-state index < -0.39 is 32.1 Å². The van der Waals surface area contributed by atoms with Crippen molar-refractivity contribution in [1.82, 2.24) is 0 Å². The maximum Gasteiger partial charge on any atom is 0.258 e. The highest BCUT2D eigenvalue weighted by atomic mass is 35.7. The molecule has 2 saturated carbocycles. The summed E-state index contributed by atoms with van der Waals surface area (Å²) in [5, 5.41) is 0. The van der Waals surface area contributed by atoms with Crippen LogP contribution in [0.4, 0.5) is 8.78 Å². The van der Waals surface area contributed by atoms with Crippen LogP contribution in [-0.2, 0) is 9.05 Å². The highest BCUT2D eigenvalue weighted by Gasteiger charge is 2.82. The van der Waals surface area contributed by atoms with Gasteiger partial charge in [-0.1, -0.05) is 6.42 Å². The van der Waals surface area contributed by atoms with E-state index in [-0.39, 0.29) is 6.42 Å². The van der Waals surface area contributed by atoms with Crippen molar-refractivity contribution in [2.75, 3.05) is 5.75 Å². The van der Waals surface area contributed by atoms with E-state index in [4.69, 9.17) is 10.7 Å². The van der Waals surface area contributed by atoms with E-state index in [1.165, 1.54) is 0 Å². The first-order chi connectivity index (χ1) is 5.80. The predicted molar refractivity (Wildman–Crippen MR) is 44.4 cm³/mol. The number of fused-ring (bicyclic) bond motifs is 1. The van der Waals surface area contributed by atoms with E-state index >= 15 is 0 Å². The largest absolute Gasteiger partial charge is 0.258 e. The number of hydrogen-bond acceptors (Lipinski definition) is 2. The molecule has 0 aromatic rings. The van der Waals surface area contributed by atoms with Crippen molar-refractivity contribution in [2.24, 2.45) is 11.3 Å². The van der Waals surface area contributed by atoms with Crippen LogP contribution in [0.15, 0.2) is 0 Å². The van der Waals surface area contributed by atoms with Crippen LogP contribution in [0.5, 0.6) is 0 Å². The molecule has 0 radical (unpaired) electrons. The molecule has 2 fully saturated rings. The molecule has 2 nitrogen and oxygen atoms in total. The fraction of sp³-hybridized carbons (Fsp3) is 1.00. The van der Waals surface area contributed by atoms with E-state index in [9.17, 15) is 17.2 Å². The summed E-state index contributed by atoms with van der Waals surface area (Å²) in [5.41, 5.74) is -1.31. The monoisotopic (exact) mass is 230 g/mol. The Bertz CT molecular complexity index is 340. The number of rotatable bonds is 2. The summed E-state index contributed by atoms with van der Waals surface area (Å²) in [4.78, 5) is 0. The molecule has 2 rings (SSSR count). The molecule has 0 saturated heterocycles. The number of halogens is 3. The predicted octanol–water partition coefficient (Wildman–Crippen LogP) is 1.99. The van der Waals surface area contributed by atoms with E-state index in [2.05, 4.69) is 0 Å². The van der Waals surface area contributed by atoms with Crippen LogP contribution < -0.4 is 0 Å². The molecule has 2 aliphatic carbocycles. The zero-order valence-corrected chi connectivity index (χ0v) is 8.34. The van der Waals surface area contributed by atoms with Gasteiger partial charge in [0.2, 0.25) is 9.05 Å². The fourth-order valence-corrected chi connectivity index (χ4v) is 4.33. The van der Waals surface area contributed by atoms with Crippen LogP contribution in [0.3, 0.4) is 0 Å². The molecule has 0 spiro atoms. The Morgan fingerprint density at radius 1 is 1.46 bits per heavy atom. The van der Waals surface area contributed by atoms with Gasteiger partial charge in [-0.15, -0.1) is 0 Å². The zero-order chi connectivity index (χ0) is 9.91. The molecular weight excluding hydrogens is 222 g/mol. The average molecular weight is 231 g/mol. The third kappa shape index (κ3) is 1.20. The first-order valence-electron chi connectivity index (χ1n) is 4.10. The van der Waals surface area contributed by atoms with Gasteiger partial charge in [0.25, 0.3) is 5.92 Å². The smallest absolute Gasteiger partial charge is 0.212 e. The first-order valence-corrected chi connectivity index (χ1v) is 6.58. The minimum atomic E-state index is -3.80. The summed E-state index contributed by atoms with van der Waals surface area (Å²) in [6.45, 7) is 0. The summed E-state index contributed by atoms with van der Waals surface area (Å²) in [6.07, 6.45) is 1.41. The minimum absolute atomic E-state index is 0.288. The summed E-state index contributed by atoms with van der Waals surface area (Å²) in [5.74, 6) is -4.11. The Balaban J connectivity index is 2.24. The first kappa shape index (κ1) is 9.65. The van der Waals surface area contributed by atoms with Gasteiger partial charge in [-0.05, 0) is 12.8 Å². The van der Waals surface area contributed by atoms with Crippen LogP contribution in [0.25, 0.3) is 0 Å². The van der Waals surface area contributed by atoms with Crippen molar-refractivity contribution in [3.63, 3.8) is 0 Å². The molecule has 0 N–H and O–H groups in total. The highest BCUT2D eigenvalue weighted by Crippen LogP contribution is 2.74. The molecule has 0 aromatic heterocycles. The normalized spacial score (nSPS) is 41.6. The van der Waals surface area contributed by atoms with Crippen LogP contribution in [0.1, 0.15) is 19.3 Å². The Kier molecular flexibility index (Phi) is 1.76. The zero-order valence-electron chi connectivity index (χ0n) is 6.76. The second-order valence-electron chi connectivity index (χ2n) is 3.91. The van der Waals surface area contributed by atoms with E-state index in [1.54, 1.807) is 0 Å². The molecule has 0 amide bonds. The summed E-state index contributed by atoms with van der Waals surface area (Å²) in [7, 11) is 1.19. The highest BCUT2D eigenvalue weighted by molar-refractivity contribution is 8.13. The summed E-state index contributed by atoms with van der Waals surface area (Å²) >= 11 is 0. The molecule has 0 bridgehead atoms. The summed E-state index contributed by atoms with van der Waals surface area (Å²) < 4.78 is 47.7. The Morgan fingerprint density at radius 2 is 2.08 bits per heavy atom. The minimum Gasteiger partial charge on any atom is -0.212 e. The molecule has 0 aromatic carbocycles. The fourth-order valence-electron chi connectivity index (χ4n) is 2.59. The standard InChI is InChI=1S/C7H9ClF2O2S/c8-13(11,12)4-6-3-1-2-5(6)7(6,9)10/h5H,1-4H2. The van der Waals surface area contributed by atoms with E-state index in [0.29, 0.717) is 12.8 Å². The maximum absolute atomic E-state index is 13.1. The van der Waals surface area contributed by atoms with Crippen LogP contribution >= 0.6 is 10.7 Å². The van der Waals surface area contributed by atoms with Gasteiger partial charge in [-0.25, -0.2) is 17.2 Å².